The molecule has 0 spiro atoms. The Morgan fingerprint density at radius 1 is 1.27 bits per heavy atom. The maximum absolute atomic E-state index is 4.24. The standard InChI is InChI=1S/C9H8N2/c1-7-5-10-6-8-3-2-4-11-9(7)8/h2-6H,1H3. The van der Waals surface area contributed by atoms with Crippen molar-refractivity contribution in [2.24, 2.45) is 0 Å². The zero-order valence-corrected chi connectivity index (χ0v) is 6.28. The molecule has 0 aromatic carbocycles. The third-order valence-corrected chi connectivity index (χ3v) is 1.69. The van der Waals surface area contributed by atoms with E-state index in [2.05, 4.69) is 9.97 Å². The average Bonchev–Trinajstić information content (AvgIpc) is 2.06. The molecule has 0 aliphatic carbocycles. The lowest BCUT2D eigenvalue weighted by atomic mass is 10.2. The van der Waals surface area contributed by atoms with E-state index in [0.717, 1.165) is 16.5 Å². The third-order valence-electron chi connectivity index (χ3n) is 1.69. The second kappa shape index (κ2) is 2.31. The van der Waals surface area contributed by atoms with Crippen LogP contribution in [-0.2, 0) is 0 Å². The summed E-state index contributed by atoms with van der Waals surface area (Å²) >= 11 is 0. The lowest BCUT2D eigenvalue weighted by Gasteiger charge is -1.97. The summed E-state index contributed by atoms with van der Waals surface area (Å²) in [5, 5.41) is 1.10. The zero-order valence-electron chi connectivity index (χ0n) is 6.28. The van der Waals surface area contributed by atoms with Crippen molar-refractivity contribution in [2.75, 3.05) is 0 Å². The molecule has 0 bridgehead atoms. The van der Waals surface area contributed by atoms with Gasteiger partial charge in [0.2, 0.25) is 0 Å². The molecule has 0 unspecified atom stereocenters. The average molecular weight is 144 g/mol. The summed E-state index contributed by atoms with van der Waals surface area (Å²) in [6.07, 6.45) is 5.46. The van der Waals surface area contributed by atoms with Gasteiger partial charge >= 0.3 is 0 Å². The van der Waals surface area contributed by atoms with E-state index in [-0.39, 0.29) is 0 Å². The van der Waals surface area contributed by atoms with Crippen molar-refractivity contribution in [2.45, 2.75) is 6.92 Å². The number of nitrogens with zero attached hydrogens (tertiary/aromatic N) is 2. The number of aryl methyl sites for hydroxylation is 1. The summed E-state index contributed by atoms with van der Waals surface area (Å²) < 4.78 is 0. The van der Waals surface area contributed by atoms with E-state index in [1.54, 1.807) is 6.20 Å². The molecule has 0 fully saturated rings. The first kappa shape index (κ1) is 6.28. The fourth-order valence-electron chi connectivity index (χ4n) is 1.14. The van der Waals surface area contributed by atoms with Crippen molar-refractivity contribution < 1.29 is 0 Å². The van der Waals surface area contributed by atoms with E-state index in [4.69, 9.17) is 0 Å². The molecule has 0 aliphatic rings. The number of aromatic nitrogens is 2. The van der Waals surface area contributed by atoms with Crippen molar-refractivity contribution in [1.82, 2.24) is 9.97 Å². The summed E-state index contributed by atoms with van der Waals surface area (Å²) in [7, 11) is 0. The molecule has 0 aliphatic heterocycles. The van der Waals surface area contributed by atoms with Gasteiger partial charge in [0.1, 0.15) is 0 Å². The second-order valence-electron chi connectivity index (χ2n) is 2.53. The maximum atomic E-state index is 4.24. The summed E-state index contributed by atoms with van der Waals surface area (Å²) in [6, 6.07) is 3.94. The molecule has 2 heteroatoms. The summed E-state index contributed by atoms with van der Waals surface area (Å²) in [4.78, 5) is 8.31. The SMILES string of the molecule is Cc1cncc2cccnc12. The van der Waals surface area contributed by atoms with E-state index in [9.17, 15) is 0 Å². The van der Waals surface area contributed by atoms with Gasteiger partial charge in [-0.25, -0.2) is 0 Å². The summed E-state index contributed by atoms with van der Waals surface area (Å²) in [5.74, 6) is 0. The quantitative estimate of drug-likeness (QED) is 0.564. The first-order valence-electron chi connectivity index (χ1n) is 3.53. The first-order chi connectivity index (χ1) is 5.38. The Kier molecular flexibility index (Phi) is 1.32. The van der Waals surface area contributed by atoms with Crippen molar-refractivity contribution >= 4 is 10.9 Å². The predicted octanol–water partition coefficient (Wildman–Crippen LogP) is 1.94. The number of fused-ring (bicyclic) bond motifs is 1. The van der Waals surface area contributed by atoms with Gasteiger partial charge in [-0.3, -0.25) is 9.97 Å². The molecule has 0 saturated carbocycles. The molecule has 0 N–H and O–H groups in total. The third kappa shape index (κ3) is 0.963. The Hall–Kier alpha value is -1.44. The Bertz CT molecular complexity index is 377. The van der Waals surface area contributed by atoms with Gasteiger partial charge in [0, 0.05) is 24.0 Å². The van der Waals surface area contributed by atoms with E-state index in [1.165, 1.54) is 0 Å². The minimum Gasteiger partial charge on any atom is -0.264 e. The molecule has 54 valence electrons. The van der Waals surface area contributed by atoms with Gasteiger partial charge < -0.3 is 0 Å². The molecule has 0 amide bonds. The maximum Gasteiger partial charge on any atom is 0.0761 e. The fourth-order valence-corrected chi connectivity index (χ4v) is 1.14. The Labute approximate surface area is 64.9 Å². The highest BCUT2D eigenvalue weighted by Crippen LogP contribution is 2.11. The molecule has 0 radical (unpaired) electrons. The Morgan fingerprint density at radius 3 is 3.00 bits per heavy atom. The highest BCUT2D eigenvalue weighted by Gasteiger charge is 1.94. The van der Waals surface area contributed by atoms with Crippen LogP contribution in [0.15, 0.2) is 30.7 Å². The smallest absolute Gasteiger partial charge is 0.0761 e. The number of hydrogen-bond donors (Lipinski definition) is 0. The van der Waals surface area contributed by atoms with Crippen molar-refractivity contribution in [3.8, 4) is 0 Å². The van der Waals surface area contributed by atoms with Crippen molar-refractivity contribution in [1.29, 1.82) is 0 Å². The molecular formula is C9H8N2. The number of hydrogen-bond acceptors (Lipinski definition) is 2. The van der Waals surface area contributed by atoms with E-state index in [0.29, 0.717) is 0 Å². The van der Waals surface area contributed by atoms with Gasteiger partial charge in [-0.2, -0.15) is 0 Å². The molecule has 2 rings (SSSR count). The van der Waals surface area contributed by atoms with Gasteiger partial charge in [0.05, 0.1) is 5.52 Å². The molecule has 11 heavy (non-hydrogen) atoms. The van der Waals surface area contributed by atoms with Gasteiger partial charge in [-0.15, -0.1) is 0 Å². The number of rotatable bonds is 0. The Morgan fingerprint density at radius 2 is 2.18 bits per heavy atom. The topological polar surface area (TPSA) is 25.8 Å². The molecule has 2 heterocycles. The molecule has 0 atom stereocenters. The lowest BCUT2D eigenvalue weighted by molar-refractivity contribution is 1.27. The van der Waals surface area contributed by atoms with Gasteiger partial charge in [0.25, 0.3) is 0 Å². The molecule has 0 saturated heterocycles. The molecule has 2 aromatic rings. The fraction of sp³-hybridized carbons (Fsp3) is 0.111. The van der Waals surface area contributed by atoms with Gasteiger partial charge in [-0.05, 0) is 24.6 Å². The first-order valence-corrected chi connectivity index (χ1v) is 3.53. The molecular weight excluding hydrogens is 136 g/mol. The largest absolute Gasteiger partial charge is 0.264 e. The van der Waals surface area contributed by atoms with Crippen LogP contribution in [0.2, 0.25) is 0 Å². The van der Waals surface area contributed by atoms with E-state index in [1.807, 2.05) is 31.5 Å². The minimum atomic E-state index is 1.04. The highest BCUT2D eigenvalue weighted by molar-refractivity contribution is 5.79. The van der Waals surface area contributed by atoms with Crippen LogP contribution in [0.1, 0.15) is 5.56 Å². The molecule has 2 aromatic heterocycles. The normalized spacial score (nSPS) is 10.3. The highest BCUT2D eigenvalue weighted by atomic mass is 14.7. The zero-order chi connectivity index (χ0) is 7.68. The van der Waals surface area contributed by atoms with Crippen LogP contribution >= 0.6 is 0 Å². The van der Waals surface area contributed by atoms with Crippen LogP contribution < -0.4 is 0 Å². The van der Waals surface area contributed by atoms with Crippen LogP contribution in [-0.4, -0.2) is 9.97 Å². The van der Waals surface area contributed by atoms with Crippen LogP contribution in [0.3, 0.4) is 0 Å². The second-order valence-corrected chi connectivity index (χ2v) is 2.53. The predicted molar refractivity (Wildman–Crippen MR) is 44.3 cm³/mol. The van der Waals surface area contributed by atoms with Crippen molar-refractivity contribution in [3.63, 3.8) is 0 Å². The van der Waals surface area contributed by atoms with Gasteiger partial charge in [0.15, 0.2) is 0 Å². The molecule has 2 nitrogen and oxygen atoms in total. The van der Waals surface area contributed by atoms with Crippen LogP contribution in [0, 0.1) is 6.92 Å². The van der Waals surface area contributed by atoms with Gasteiger partial charge in [-0.1, -0.05) is 0 Å². The summed E-state index contributed by atoms with van der Waals surface area (Å²) in [6.45, 7) is 2.02. The summed E-state index contributed by atoms with van der Waals surface area (Å²) in [5.41, 5.74) is 2.17. The number of pyridine rings is 2. The monoisotopic (exact) mass is 144 g/mol. The van der Waals surface area contributed by atoms with Crippen LogP contribution in [0.5, 0.6) is 0 Å². The van der Waals surface area contributed by atoms with Crippen molar-refractivity contribution in [3.05, 3.63) is 36.3 Å². The van der Waals surface area contributed by atoms with E-state index < -0.39 is 0 Å². The lowest BCUT2D eigenvalue weighted by Crippen LogP contribution is -1.83. The van der Waals surface area contributed by atoms with Crippen LogP contribution in [0.25, 0.3) is 10.9 Å². The van der Waals surface area contributed by atoms with Crippen LogP contribution in [0.4, 0.5) is 0 Å². The Balaban J connectivity index is 2.91. The van der Waals surface area contributed by atoms with E-state index >= 15 is 0 Å². The minimum absolute atomic E-state index is 1.04.